The van der Waals surface area contributed by atoms with Crippen molar-refractivity contribution in [2.45, 2.75) is 39.3 Å². The zero-order valence-electron chi connectivity index (χ0n) is 25.5. The molecule has 240 valence electrons. The largest absolute Gasteiger partial charge is 0.490 e. The Balaban J connectivity index is 1.69. The number of hydrogen-bond donors (Lipinski definition) is 3. The van der Waals surface area contributed by atoms with Crippen molar-refractivity contribution in [3.05, 3.63) is 71.8 Å². The molecule has 1 amide bonds. The van der Waals surface area contributed by atoms with E-state index < -0.39 is 28.8 Å². The fraction of sp³-hybridized carbons (Fsp3) is 0.355. The minimum absolute atomic E-state index is 0.0526. The second-order valence-corrected chi connectivity index (χ2v) is 12.3. The van der Waals surface area contributed by atoms with Gasteiger partial charge >= 0.3 is 22.3 Å². The monoisotopic (exact) mass is 638 g/mol. The lowest BCUT2D eigenvalue weighted by Crippen LogP contribution is -2.49. The molecular formula is C31H38N6O7S. The molecule has 3 aromatic carbocycles. The summed E-state index contributed by atoms with van der Waals surface area (Å²) in [5.41, 5.74) is 6.98. The number of amides is 1. The molecule has 3 aromatic rings. The zero-order valence-corrected chi connectivity index (χ0v) is 26.3. The summed E-state index contributed by atoms with van der Waals surface area (Å²) < 4.78 is 45.5. The van der Waals surface area contributed by atoms with Crippen molar-refractivity contribution >= 4 is 50.4 Å². The van der Waals surface area contributed by atoms with Gasteiger partial charge in [-0.05, 0) is 66.6 Å². The van der Waals surface area contributed by atoms with E-state index in [4.69, 9.17) is 26.0 Å². The van der Waals surface area contributed by atoms with E-state index in [0.29, 0.717) is 40.1 Å². The molecule has 4 rings (SSSR count). The minimum Gasteiger partial charge on any atom is -0.490 e. The number of ether oxygens (including phenoxy) is 3. The number of rotatable bonds is 11. The van der Waals surface area contributed by atoms with Crippen molar-refractivity contribution in [2.24, 2.45) is 5.73 Å². The molecule has 0 unspecified atom stereocenters. The molecule has 1 heterocycles. The first-order valence-corrected chi connectivity index (χ1v) is 15.8. The smallest absolute Gasteiger partial charge is 0.425 e. The minimum atomic E-state index is -4.70. The molecular weight excluding hydrogens is 600 g/mol. The Kier molecular flexibility index (Phi) is 10.5. The maximum Gasteiger partial charge on any atom is 0.425 e. The fourth-order valence-corrected chi connectivity index (χ4v) is 6.41. The molecule has 45 heavy (non-hydrogen) atoms. The Morgan fingerprint density at radius 1 is 1.00 bits per heavy atom. The van der Waals surface area contributed by atoms with Gasteiger partial charge in [-0.1, -0.05) is 24.3 Å². The third-order valence-corrected chi connectivity index (χ3v) is 9.15. The molecule has 1 fully saturated rings. The van der Waals surface area contributed by atoms with E-state index >= 15 is 0 Å². The normalized spacial score (nSPS) is 13.6. The average Bonchev–Trinajstić information content (AvgIpc) is 3.02. The van der Waals surface area contributed by atoms with E-state index in [-0.39, 0.29) is 30.8 Å². The Labute approximate surface area is 262 Å². The van der Waals surface area contributed by atoms with Crippen LogP contribution in [0, 0.1) is 10.8 Å². The Hall–Kier alpha value is -4.85. The Bertz CT molecular complexity index is 1670. The van der Waals surface area contributed by atoms with Crippen LogP contribution in [-0.4, -0.2) is 80.8 Å². The Morgan fingerprint density at radius 3 is 2.27 bits per heavy atom. The van der Waals surface area contributed by atoms with Gasteiger partial charge in [0.05, 0.1) is 31.8 Å². The van der Waals surface area contributed by atoms with E-state index in [1.54, 1.807) is 55.5 Å². The number of nitrogens with zero attached hydrogens (tertiary/aromatic N) is 3. The quantitative estimate of drug-likeness (QED) is 0.160. The summed E-state index contributed by atoms with van der Waals surface area (Å²) in [4.78, 5) is 27.1. The first-order valence-electron chi connectivity index (χ1n) is 14.4. The number of benzene rings is 3. The van der Waals surface area contributed by atoms with Gasteiger partial charge in [0.25, 0.3) is 0 Å². The number of nitrogens with two attached hydrogens (primary N) is 1. The fourth-order valence-electron chi connectivity index (χ4n) is 4.96. The molecule has 0 radical (unpaired) electrons. The summed E-state index contributed by atoms with van der Waals surface area (Å²) in [5.74, 6) is 0.0217. The molecule has 14 heteroatoms. The molecule has 0 spiro atoms. The van der Waals surface area contributed by atoms with Gasteiger partial charge < -0.3 is 24.8 Å². The summed E-state index contributed by atoms with van der Waals surface area (Å²) in [7, 11) is -3.61. The maximum atomic E-state index is 14.1. The molecule has 0 atom stereocenters. The van der Waals surface area contributed by atoms with E-state index in [0.717, 1.165) is 35.0 Å². The highest BCUT2D eigenvalue weighted by molar-refractivity contribution is 7.91. The van der Waals surface area contributed by atoms with Gasteiger partial charge in [-0.15, -0.1) is 0 Å². The third-order valence-electron chi connectivity index (χ3n) is 7.41. The number of anilines is 1. The second kappa shape index (κ2) is 14.3. The van der Waals surface area contributed by atoms with Gasteiger partial charge in [-0.2, -0.15) is 12.7 Å². The lowest BCUT2D eigenvalue weighted by Gasteiger charge is -2.33. The number of nitrogens with one attached hydrogen (secondary N) is 2. The van der Waals surface area contributed by atoms with E-state index in [1.807, 2.05) is 17.0 Å². The number of carbonyl (C=O) groups is 2. The summed E-state index contributed by atoms with van der Waals surface area (Å²) in [6.07, 6.45) is 0.217. The number of esters is 1. The van der Waals surface area contributed by atoms with Crippen LogP contribution in [0.25, 0.3) is 10.8 Å². The number of carbonyl (C=O) groups excluding carboxylic acids is 2. The summed E-state index contributed by atoms with van der Waals surface area (Å²) in [6, 6.07) is 17.1. The molecule has 1 aliphatic heterocycles. The maximum absolute atomic E-state index is 14.1. The van der Waals surface area contributed by atoms with Crippen molar-refractivity contribution in [3.63, 3.8) is 0 Å². The highest BCUT2D eigenvalue weighted by atomic mass is 32.2. The van der Waals surface area contributed by atoms with E-state index in [9.17, 15) is 18.0 Å². The summed E-state index contributed by atoms with van der Waals surface area (Å²) in [6.45, 7) is 3.51. The second-order valence-electron chi connectivity index (χ2n) is 10.5. The molecule has 13 nitrogen and oxygen atoms in total. The van der Waals surface area contributed by atoms with Gasteiger partial charge in [0.2, 0.25) is 0 Å². The standard InChI is InChI=1S/C31H38N6O7S/c1-4-43-31(39)37(20-29(38)42-3)45(40,41)36(19-22-5-6-23-7-8-24(30(33)34)18-25(23)17-22)26-9-11-27(12-10-26)44-28-13-15-35(16-14-28)21(2)32/h5-12,17-18,28,32H,4,13-16,19-20H2,1-3H3,(H3,33,34). The van der Waals surface area contributed by atoms with Gasteiger partial charge in [0.15, 0.2) is 0 Å². The van der Waals surface area contributed by atoms with Crippen LogP contribution in [0.1, 0.15) is 37.8 Å². The lowest BCUT2D eigenvalue weighted by molar-refractivity contribution is -0.140. The molecule has 0 aliphatic carbocycles. The van der Waals surface area contributed by atoms with Crippen molar-refractivity contribution < 1.29 is 32.2 Å². The number of amidine groups is 2. The van der Waals surface area contributed by atoms with Crippen LogP contribution in [0.2, 0.25) is 0 Å². The summed E-state index contributed by atoms with van der Waals surface area (Å²) >= 11 is 0. The Morgan fingerprint density at radius 2 is 1.67 bits per heavy atom. The predicted octanol–water partition coefficient (Wildman–Crippen LogP) is 3.85. The number of fused-ring (bicyclic) bond motifs is 1. The number of nitrogen functional groups attached to an aromatic ring is 1. The third kappa shape index (κ3) is 8.01. The molecule has 0 bridgehead atoms. The van der Waals surface area contributed by atoms with Crippen molar-refractivity contribution in [3.8, 4) is 5.75 Å². The van der Waals surface area contributed by atoms with Crippen molar-refractivity contribution in [2.75, 3.05) is 37.7 Å². The van der Waals surface area contributed by atoms with Crippen molar-refractivity contribution in [1.82, 2.24) is 9.21 Å². The van der Waals surface area contributed by atoms with E-state index in [2.05, 4.69) is 4.74 Å². The SMILES string of the molecule is CCOC(=O)N(CC(=O)OC)S(=O)(=O)N(Cc1ccc2ccc(C(=N)N)cc2c1)c1ccc(OC2CCN(C(C)=N)CC2)cc1. The lowest BCUT2D eigenvalue weighted by atomic mass is 10.0. The van der Waals surface area contributed by atoms with Crippen LogP contribution >= 0.6 is 0 Å². The van der Waals surface area contributed by atoms with Crippen molar-refractivity contribution in [1.29, 1.82) is 10.8 Å². The topological polar surface area (TPSA) is 179 Å². The van der Waals surface area contributed by atoms with Crippen LogP contribution in [0.5, 0.6) is 5.75 Å². The van der Waals surface area contributed by atoms with Gasteiger partial charge in [0.1, 0.15) is 24.2 Å². The molecule has 4 N–H and O–H groups in total. The first kappa shape index (κ1) is 33.1. The van der Waals surface area contributed by atoms with Gasteiger partial charge in [-0.3, -0.25) is 15.6 Å². The number of hydrogen-bond acceptors (Lipinski definition) is 9. The number of likely N-dealkylation sites (tertiary alicyclic amines) is 1. The highest BCUT2D eigenvalue weighted by Crippen LogP contribution is 2.29. The van der Waals surface area contributed by atoms with Crippen LogP contribution in [0.15, 0.2) is 60.7 Å². The van der Waals surface area contributed by atoms with Crippen LogP contribution in [0.4, 0.5) is 10.5 Å². The van der Waals surface area contributed by atoms with Crippen LogP contribution in [-0.2, 0) is 31.0 Å². The first-order chi connectivity index (χ1) is 21.4. The zero-order chi connectivity index (χ0) is 32.7. The van der Waals surface area contributed by atoms with Gasteiger partial charge in [0, 0.05) is 31.5 Å². The van der Waals surface area contributed by atoms with E-state index in [1.165, 1.54) is 6.92 Å². The van der Waals surface area contributed by atoms with Crippen LogP contribution < -0.4 is 14.8 Å². The predicted molar refractivity (Wildman–Crippen MR) is 171 cm³/mol. The summed E-state index contributed by atoms with van der Waals surface area (Å²) in [5, 5.41) is 17.2. The molecule has 0 saturated carbocycles. The number of methoxy groups -OCH3 is 1. The number of piperidine rings is 1. The molecule has 0 aromatic heterocycles. The molecule has 1 aliphatic rings. The average molecular weight is 639 g/mol. The van der Waals surface area contributed by atoms with Crippen LogP contribution in [0.3, 0.4) is 0 Å². The molecule has 1 saturated heterocycles. The van der Waals surface area contributed by atoms with Gasteiger partial charge in [-0.25, -0.2) is 9.10 Å². The highest BCUT2D eigenvalue weighted by Gasteiger charge is 2.37.